The fraction of sp³-hybridized carbons (Fsp3) is 0.350. The van der Waals surface area contributed by atoms with E-state index < -0.39 is 27.6 Å². The van der Waals surface area contributed by atoms with Crippen LogP contribution in [0.3, 0.4) is 0 Å². The van der Waals surface area contributed by atoms with Gasteiger partial charge in [0.05, 0.1) is 7.11 Å². The normalized spacial score (nSPS) is 15.6. The second-order valence-corrected chi connectivity index (χ2v) is 8.67. The van der Waals surface area contributed by atoms with Gasteiger partial charge in [-0.2, -0.15) is 4.31 Å². The number of methoxy groups -OCH3 is 1. The van der Waals surface area contributed by atoms with Crippen LogP contribution >= 0.6 is 0 Å². The van der Waals surface area contributed by atoms with Crippen LogP contribution in [0.5, 0.6) is 5.75 Å². The number of rotatable bonds is 5. The van der Waals surface area contributed by atoms with Gasteiger partial charge in [0.25, 0.3) is 5.91 Å². The molecule has 29 heavy (non-hydrogen) atoms. The molecule has 1 aliphatic heterocycles. The molecule has 0 saturated carbocycles. The van der Waals surface area contributed by atoms with E-state index in [0.29, 0.717) is 13.1 Å². The Morgan fingerprint density at radius 2 is 1.69 bits per heavy atom. The van der Waals surface area contributed by atoms with Gasteiger partial charge in [-0.1, -0.05) is 12.8 Å². The van der Waals surface area contributed by atoms with Crippen molar-refractivity contribution in [1.82, 2.24) is 4.31 Å². The average Bonchev–Trinajstić information content (AvgIpc) is 3.00. The Morgan fingerprint density at radius 3 is 2.31 bits per heavy atom. The average molecular weight is 424 g/mol. The van der Waals surface area contributed by atoms with Crippen molar-refractivity contribution in [3.8, 4) is 5.75 Å². The van der Waals surface area contributed by atoms with E-state index in [9.17, 15) is 22.0 Å². The summed E-state index contributed by atoms with van der Waals surface area (Å²) in [6.07, 6.45) is 3.50. The zero-order valence-electron chi connectivity index (χ0n) is 16.0. The SMILES string of the molecule is COc1ccc(C(=O)Nc2ccc(F)c(F)c2)cc1S(=O)(=O)N1CCCCCC1. The maximum atomic E-state index is 13.4. The Balaban J connectivity index is 1.91. The number of carbonyl (C=O) groups excluding carboxylic acids is 1. The predicted octanol–water partition coefficient (Wildman–Crippen LogP) is 3.79. The van der Waals surface area contributed by atoms with Crippen molar-refractivity contribution in [2.45, 2.75) is 30.6 Å². The molecule has 0 atom stereocenters. The maximum absolute atomic E-state index is 13.4. The Hall–Kier alpha value is -2.52. The Bertz CT molecular complexity index is 1000. The number of benzene rings is 2. The Morgan fingerprint density at radius 1 is 1.00 bits per heavy atom. The van der Waals surface area contributed by atoms with Gasteiger partial charge in [0.1, 0.15) is 10.6 Å². The molecule has 1 heterocycles. The van der Waals surface area contributed by atoms with Gasteiger partial charge in [0.2, 0.25) is 10.0 Å². The van der Waals surface area contributed by atoms with Gasteiger partial charge >= 0.3 is 0 Å². The molecule has 0 spiro atoms. The molecule has 1 aliphatic rings. The van der Waals surface area contributed by atoms with Crippen LogP contribution in [0.1, 0.15) is 36.0 Å². The lowest BCUT2D eigenvalue weighted by Gasteiger charge is -2.21. The first-order valence-corrected chi connectivity index (χ1v) is 10.7. The number of nitrogens with one attached hydrogen (secondary N) is 1. The van der Waals surface area contributed by atoms with E-state index in [1.165, 1.54) is 35.7 Å². The van der Waals surface area contributed by atoms with Gasteiger partial charge in [-0.3, -0.25) is 4.79 Å². The smallest absolute Gasteiger partial charge is 0.255 e. The summed E-state index contributed by atoms with van der Waals surface area (Å²) < 4.78 is 59.4. The maximum Gasteiger partial charge on any atom is 0.255 e. The third-order valence-electron chi connectivity index (χ3n) is 4.79. The van der Waals surface area contributed by atoms with E-state index in [1.54, 1.807) is 0 Å². The van der Waals surface area contributed by atoms with E-state index in [4.69, 9.17) is 4.74 Å². The summed E-state index contributed by atoms with van der Waals surface area (Å²) in [5.74, 6) is -2.63. The number of hydrogen-bond donors (Lipinski definition) is 1. The molecule has 6 nitrogen and oxygen atoms in total. The molecule has 2 aromatic rings. The van der Waals surface area contributed by atoms with E-state index in [-0.39, 0.29) is 21.9 Å². The summed E-state index contributed by atoms with van der Waals surface area (Å²) in [5, 5.41) is 2.44. The van der Waals surface area contributed by atoms with Crippen LogP contribution in [0.2, 0.25) is 0 Å². The molecule has 1 amide bonds. The zero-order valence-corrected chi connectivity index (χ0v) is 16.8. The first kappa shape index (κ1) is 21.2. The third-order valence-corrected chi connectivity index (χ3v) is 6.71. The van der Waals surface area contributed by atoms with Crippen LogP contribution in [-0.2, 0) is 10.0 Å². The third kappa shape index (κ3) is 4.73. The van der Waals surface area contributed by atoms with E-state index in [1.807, 2.05) is 0 Å². The Kier molecular flexibility index (Phi) is 6.49. The van der Waals surface area contributed by atoms with Crippen LogP contribution in [0, 0.1) is 11.6 Å². The van der Waals surface area contributed by atoms with Crippen LogP contribution in [0.4, 0.5) is 14.5 Å². The van der Waals surface area contributed by atoms with Crippen molar-refractivity contribution in [3.05, 3.63) is 53.6 Å². The number of sulfonamides is 1. The fourth-order valence-electron chi connectivity index (χ4n) is 3.22. The van der Waals surface area contributed by atoms with Crippen molar-refractivity contribution < 1.29 is 26.7 Å². The van der Waals surface area contributed by atoms with Crippen molar-refractivity contribution in [2.75, 3.05) is 25.5 Å². The highest BCUT2D eigenvalue weighted by Gasteiger charge is 2.29. The summed E-state index contributed by atoms with van der Waals surface area (Å²) in [6, 6.07) is 7.03. The quantitative estimate of drug-likeness (QED) is 0.792. The molecule has 0 aromatic heterocycles. The second-order valence-electron chi connectivity index (χ2n) is 6.77. The molecule has 0 unspecified atom stereocenters. The lowest BCUT2D eigenvalue weighted by Crippen LogP contribution is -2.32. The molecule has 1 saturated heterocycles. The number of halogens is 2. The number of amides is 1. The van der Waals surface area contributed by atoms with Crippen molar-refractivity contribution >= 4 is 21.6 Å². The summed E-state index contributed by atoms with van der Waals surface area (Å²) >= 11 is 0. The van der Waals surface area contributed by atoms with E-state index in [2.05, 4.69) is 5.32 Å². The standard InChI is InChI=1S/C20H22F2N2O4S/c1-28-18-9-6-14(20(25)23-15-7-8-16(21)17(22)13-15)12-19(18)29(26,27)24-10-4-2-3-5-11-24/h6-9,12-13H,2-5,10-11H2,1H3,(H,23,25). The number of nitrogens with zero attached hydrogens (tertiary/aromatic N) is 1. The number of carbonyl (C=O) groups is 1. The summed E-state index contributed by atoms with van der Waals surface area (Å²) in [5.41, 5.74) is 0.116. The van der Waals surface area contributed by atoms with Crippen molar-refractivity contribution in [2.24, 2.45) is 0 Å². The monoisotopic (exact) mass is 424 g/mol. The molecular formula is C20H22F2N2O4S. The first-order chi connectivity index (χ1) is 13.8. The van der Waals surface area contributed by atoms with Crippen molar-refractivity contribution in [1.29, 1.82) is 0 Å². The van der Waals surface area contributed by atoms with Crippen molar-refractivity contribution in [3.63, 3.8) is 0 Å². The zero-order chi connectivity index (χ0) is 21.0. The minimum atomic E-state index is -3.85. The van der Waals surface area contributed by atoms with Gasteiger partial charge < -0.3 is 10.1 Å². The van der Waals surface area contributed by atoms with Crippen LogP contribution in [0.25, 0.3) is 0 Å². The van der Waals surface area contributed by atoms with Gasteiger partial charge in [-0.15, -0.1) is 0 Å². The fourth-order valence-corrected chi connectivity index (χ4v) is 4.92. The van der Waals surface area contributed by atoms with Gasteiger partial charge in [-0.25, -0.2) is 17.2 Å². The number of anilines is 1. The molecule has 2 aromatic carbocycles. The molecule has 9 heteroatoms. The topological polar surface area (TPSA) is 75.7 Å². The molecule has 0 aliphatic carbocycles. The highest BCUT2D eigenvalue weighted by atomic mass is 32.2. The Labute approximate surface area is 168 Å². The summed E-state index contributed by atoms with van der Waals surface area (Å²) in [4.78, 5) is 12.4. The van der Waals surface area contributed by atoms with E-state index in [0.717, 1.165) is 37.8 Å². The molecule has 0 radical (unpaired) electrons. The number of ether oxygens (including phenoxy) is 1. The minimum Gasteiger partial charge on any atom is -0.495 e. The first-order valence-electron chi connectivity index (χ1n) is 9.27. The summed E-state index contributed by atoms with van der Waals surface area (Å²) in [7, 11) is -2.49. The number of hydrogen-bond acceptors (Lipinski definition) is 4. The van der Waals surface area contributed by atoms with Gasteiger partial charge in [0.15, 0.2) is 11.6 Å². The van der Waals surface area contributed by atoms with Gasteiger partial charge in [0, 0.05) is 30.4 Å². The largest absolute Gasteiger partial charge is 0.495 e. The molecule has 156 valence electrons. The molecule has 1 fully saturated rings. The molecule has 1 N–H and O–H groups in total. The van der Waals surface area contributed by atoms with Crippen LogP contribution in [0.15, 0.2) is 41.3 Å². The van der Waals surface area contributed by atoms with E-state index >= 15 is 0 Å². The lowest BCUT2D eigenvalue weighted by molar-refractivity contribution is 0.102. The molecule has 3 rings (SSSR count). The molecular weight excluding hydrogens is 402 g/mol. The van der Waals surface area contributed by atoms with Crippen LogP contribution < -0.4 is 10.1 Å². The van der Waals surface area contributed by atoms with Gasteiger partial charge in [-0.05, 0) is 43.2 Å². The second kappa shape index (κ2) is 8.87. The molecule has 0 bridgehead atoms. The highest BCUT2D eigenvalue weighted by Crippen LogP contribution is 2.29. The minimum absolute atomic E-state index is 0.0571. The highest BCUT2D eigenvalue weighted by molar-refractivity contribution is 7.89. The van der Waals surface area contributed by atoms with Crippen LogP contribution in [-0.4, -0.2) is 38.8 Å². The summed E-state index contributed by atoms with van der Waals surface area (Å²) in [6.45, 7) is 0.827. The predicted molar refractivity (Wildman–Crippen MR) is 105 cm³/mol. The lowest BCUT2D eigenvalue weighted by atomic mass is 10.2.